The number of amides is 1. The lowest BCUT2D eigenvalue weighted by Crippen LogP contribution is -2.24. The topological polar surface area (TPSA) is 117 Å². The summed E-state index contributed by atoms with van der Waals surface area (Å²) in [6, 6.07) is 10.5. The number of nitro groups is 1. The van der Waals surface area contributed by atoms with Crippen LogP contribution < -0.4 is 14.8 Å². The summed E-state index contributed by atoms with van der Waals surface area (Å²) in [5.74, 6) is -0.971. The molecule has 0 bridgehead atoms. The Labute approximate surface area is 158 Å². The van der Waals surface area contributed by atoms with Crippen LogP contribution in [0.1, 0.15) is 0 Å². The summed E-state index contributed by atoms with van der Waals surface area (Å²) < 4.78 is 14.9. The predicted octanol–water partition coefficient (Wildman–Crippen LogP) is 2.82. The number of ether oxygens (including phenoxy) is 3. The van der Waals surface area contributed by atoms with E-state index in [0.717, 1.165) is 0 Å². The fourth-order valence-electron chi connectivity index (χ4n) is 1.97. The van der Waals surface area contributed by atoms with Gasteiger partial charge in [0.05, 0.1) is 23.1 Å². The lowest BCUT2D eigenvalue weighted by atomic mass is 10.2. The second-order valence-electron chi connectivity index (χ2n) is 5.07. The number of carbonyl (C=O) groups is 2. The minimum Gasteiger partial charge on any atom is -0.496 e. The average molecular weight is 395 g/mol. The van der Waals surface area contributed by atoms with E-state index < -0.39 is 30.0 Å². The smallest absolute Gasteiger partial charge is 0.344 e. The van der Waals surface area contributed by atoms with Gasteiger partial charge in [0.25, 0.3) is 11.6 Å². The van der Waals surface area contributed by atoms with Crippen LogP contribution in [-0.2, 0) is 14.3 Å². The third kappa shape index (κ3) is 5.86. The highest BCUT2D eigenvalue weighted by molar-refractivity contribution is 6.32. The van der Waals surface area contributed by atoms with Gasteiger partial charge in [0, 0.05) is 0 Å². The Morgan fingerprint density at radius 3 is 2.59 bits per heavy atom. The van der Waals surface area contributed by atoms with Crippen LogP contribution in [0.15, 0.2) is 42.5 Å². The van der Waals surface area contributed by atoms with Crippen molar-refractivity contribution in [1.29, 1.82) is 0 Å². The van der Waals surface area contributed by atoms with Gasteiger partial charge < -0.3 is 19.5 Å². The van der Waals surface area contributed by atoms with Crippen molar-refractivity contribution in [2.75, 3.05) is 25.6 Å². The van der Waals surface area contributed by atoms with E-state index >= 15 is 0 Å². The summed E-state index contributed by atoms with van der Waals surface area (Å²) in [6.07, 6.45) is 0. The fraction of sp³-hybridized carbons (Fsp3) is 0.176. The van der Waals surface area contributed by atoms with Gasteiger partial charge in [-0.3, -0.25) is 14.9 Å². The van der Waals surface area contributed by atoms with E-state index in [1.807, 2.05) is 0 Å². The summed E-state index contributed by atoms with van der Waals surface area (Å²) in [6.45, 7) is -1.08. The monoisotopic (exact) mass is 394 g/mol. The highest BCUT2D eigenvalue weighted by atomic mass is 35.5. The van der Waals surface area contributed by atoms with E-state index in [4.69, 9.17) is 25.8 Å². The number of nitro benzene ring substituents is 1. The molecule has 0 aliphatic carbocycles. The average Bonchev–Trinajstić information content (AvgIpc) is 2.65. The van der Waals surface area contributed by atoms with Crippen LogP contribution >= 0.6 is 11.6 Å². The minimum absolute atomic E-state index is 0.0471. The zero-order valence-electron chi connectivity index (χ0n) is 14.1. The number of halogens is 1. The number of rotatable bonds is 8. The number of methoxy groups -OCH3 is 1. The normalized spacial score (nSPS) is 10.0. The molecule has 0 aromatic heterocycles. The highest BCUT2D eigenvalue weighted by Gasteiger charge is 2.18. The zero-order valence-corrected chi connectivity index (χ0v) is 14.9. The summed E-state index contributed by atoms with van der Waals surface area (Å²) in [4.78, 5) is 33.9. The maximum Gasteiger partial charge on any atom is 0.344 e. The second-order valence-corrected chi connectivity index (χ2v) is 5.48. The number of para-hydroxylation sites is 1. The Hall–Kier alpha value is -3.33. The Bertz CT molecular complexity index is 857. The standard InChI is InChI=1S/C17H15ClN2O7/c1-25-11-6-7-13(14(8-11)20(23)24)19-16(21)9-27-17(22)10-26-15-5-3-2-4-12(15)18/h2-8H,9-10H2,1H3,(H,19,21). The van der Waals surface area contributed by atoms with Gasteiger partial charge in [-0.05, 0) is 24.3 Å². The highest BCUT2D eigenvalue weighted by Crippen LogP contribution is 2.28. The third-order valence-electron chi connectivity index (χ3n) is 3.22. The largest absolute Gasteiger partial charge is 0.496 e. The number of anilines is 1. The Morgan fingerprint density at radius 2 is 1.93 bits per heavy atom. The van der Waals surface area contributed by atoms with Crippen molar-refractivity contribution >= 4 is 34.9 Å². The van der Waals surface area contributed by atoms with Crippen LogP contribution in [0.3, 0.4) is 0 Å². The maximum atomic E-state index is 11.9. The first-order valence-electron chi connectivity index (χ1n) is 7.56. The molecule has 0 radical (unpaired) electrons. The van der Waals surface area contributed by atoms with Gasteiger partial charge in [0.2, 0.25) is 0 Å². The SMILES string of the molecule is COc1ccc(NC(=O)COC(=O)COc2ccccc2Cl)c([N+](=O)[O-])c1. The molecule has 2 aromatic rings. The lowest BCUT2D eigenvalue weighted by Gasteiger charge is -2.09. The molecule has 2 aromatic carbocycles. The summed E-state index contributed by atoms with van der Waals surface area (Å²) in [7, 11) is 1.36. The number of nitrogens with one attached hydrogen (secondary N) is 1. The van der Waals surface area contributed by atoms with E-state index in [9.17, 15) is 19.7 Å². The predicted molar refractivity (Wildman–Crippen MR) is 96.2 cm³/mol. The Kier molecular flexibility index (Phi) is 6.95. The van der Waals surface area contributed by atoms with Crippen molar-refractivity contribution in [3.63, 3.8) is 0 Å². The van der Waals surface area contributed by atoms with Gasteiger partial charge in [0.15, 0.2) is 13.2 Å². The third-order valence-corrected chi connectivity index (χ3v) is 3.53. The van der Waals surface area contributed by atoms with Gasteiger partial charge in [-0.1, -0.05) is 23.7 Å². The van der Waals surface area contributed by atoms with E-state index in [1.54, 1.807) is 24.3 Å². The zero-order chi connectivity index (χ0) is 19.8. The Morgan fingerprint density at radius 1 is 1.19 bits per heavy atom. The maximum absolute atomic E-state index is 11.9. The van der Waals surface area contributed by atoms with Crippen molar-refractivity contribution in [2.45, 2.75) is 0 Å². The molecule has 2 rings (SSSR count). The van der Waals surface area contributed by atoms with Crippen molar-refractivity contribution in [1.82, 2.24) is 0 Å². The van der Waals surface area contributed by atoms with Crippen LogP contribution in [0.2, 0.25) is 5.02 Å². The molecule has 0 aliphatic heterocycles. The van der Waals surface area contributed by atoms with Crippen LogP contribution in [0.25, 0.3) is 0 Å². The van der Waals surface area contributed by atoms with Crippen molar-refractivity contribution in [2.24, 2.45) is 0 Å². The molecule has 27 heavy (non-hydrogen) atoms. The van der Waals surface area contributed by atoms with E-state index in [0.29, 0.717) is 10.8 Å². The molecule has 0 aliphatic rings. The van der Waals surface area contributed by atoms with Crippen LogP contribution in [0.4, 0.5) is 11.4 Å². The number of nitrogens with zero attached hydrogens (tertiary/aromatic N) is 1. The van der Waals surface area contributed by atoms with Gasteiger partial charge in [-0.15, -0.1) is 0 Å². The second kappa shape index (κ2) is 9.39. The first-order chi connectivity index (χ1) is 12.9. The number of hydrogen-bond donors (Lipinski definition) is 1. The van der Waals surface area contributed by atoms with Crippen LogP contribution in [-0.4, -0.2) is 37.1 Å². The molecule has 1 amide bonds. The molecule has 10 heteroatoms. The van der Waals surface area contributed by atoms with Gasteiger partial charge in [0.1, 0.15) is 17.2 Å². The van der Waals surface area contributed by atoms with Gasteiger partial charge in [-0.25, -0.2) is 4.79 Å². The molecule has 0 fully saturated rings. The number of benzene rings is 2. The van der Waals surface area contributed by atoms with E-state index in [-0.39, 0.29) is 17.1 Å². The van der Waals surface area contributed by atoms with E-state index in [2.05, 4.69) is 5.32 Å². The lowest BCUT2D eigenvalue weighted by molar-refractivity contribution is -0.384. The molecule has 0 spiro atoms. The molecule has 0 saturated carbocycles. The molecule has 142 valence electrons. The molecule has 0 heterocycles. The quantitative estimate of drug-likeness (QED) is 0.415. The molecule has 0 atom stereocenters. The summed E-state index contributed by atoms with van der Waals surface area (Å²) >= 11 is 5.88. The Balaban J connectivity index is 1.86. The van der Waals surface area contributed by atoms with E-state index in [1.165, 1.54) is 25.3 Å². The molecule has 0 unspecified atom stereocenters. The van der Waals surface area contributed by atoms with Crippen LogP contribution in [0, 0.1) is 10.1 Å². The fourth-order valence-corrected chi connectivity index (χ4v) is 2.16. The van der Waals surface area contributed by atoms with Crippen molar-refractivity contribution in [3.8, 4) is 11.5 Å². The molecule has 9 nitrogen and oxygen atoms in total. The van der Waals surface area contributed by atoms with Gasteiger partial charge >= 0.3 is 5.97 Å². The summed E-state index contributed by atoms with van der Waals surface area (Å²) in [5.41, 5.74) is -0.398. The number of esters is 1. The molecule has 1 N–H and O–H groups in total. The minimum atomic E-state index is -0.797. The molecule has 0 saturated heterocycles. The first-order valence-corrected chi connectivity index (χ1v) is 7.93. The number of hydrogen-bond acceptors (Lipinski definition) is 7. The van der Waals surface area contributed by atoms with Crippen molar-refractivity contribution in [3.05, 3.63) is 57.6 Å². The molecular weight excluding hydrogens is 380 g/mol. The van der Waals surface area contributed by atoms with Gasteiger partial charge in [-0.2, -0.15) is 0 Å². The first kappa shape index (κ1) is 20.0. The van der Waals surface area contributed by atoms with Crippen molar-refractivity contribution < 1.29 is 28.7 Å². The summed E-state index contributed by atoms with van der Waals surface area (Å²) in [5, 5.41) is 13.7. The van der Waals surface area contributed by atoms with Crippen LogP contribution in [0.5, 0.6) is 11.5 Å². The number of carbonyl (C=O) groups excluding carboxylic acids is 2. The molecular formula is C17H15ClN2O7.